The lowest BCUT2D eigenvalue weighted by Crippen LogP contribution is -2.11. The monoisotopic (exact) mass is 260 g/mol. The van der Waals surface area contributed by atoms with Gasteiger partial charge >= 0.3 is 5.97 Å². The fraction of sp³-hybridized carbons (Fsp3) is 0.357. The summed E-state index contributed by atoms with van der Waals surface area (Å²) >= 11 is 0. The second-order valence-corrected chi connectivity index (χ2v) is 4.18. The van der Waals surface area contributed by atoms with Crippen LogP contribution in [-0.4, -0.2) is 17.0 Å². The molecule has 1 aromatic rings. The van der Waals surface area contributed by atoms with Crippen molar-refractivity contribution in [3.05, 3.63) is 29.8 Å². The highest BCUT2D eigenvalue weighted by Crippen LogP contribution is 2.11. The number of aliphatic carboxylic acids is 1. The van der Waals surface area contributed by atoms with Crippen LogP contribution in [0.4, 0.5) is 5.69 Å². The number of carboxylic acid groups (broad SMARTS) is 1. The fourth-order valence-electron chi connectivity index (χ4n) is 1.58. The first-order chi connectivity index (χ1) is 9.11. The molecule has 0 fully saturated rings. The van der Waals surface area contributed by atoms with E-state index in [-0.39, 0.29) is 12.3 Å². The summed E-state index contributed by atoms with van der Waals surface area (Å²) in [7, 11) is 0. The minimum atomic E-state index is -0.839. The number of hydrogen-bond acceptors (Lipinski definition) is 3. The van der Waals surface area contributed by atoms with Gasteiger partial charge in [-0.15, -0.1) is 0 Å². The van der Waals surface area contributed by atoms with Gasteiger partial charge in [0.25, 0.3) is 0 Å². The normalized spacial score (nSPS) is 9.63. The molecule has 0 saturated heterocycles. The number of benzene rings is 1. The van der Waals surface area contributed by atoms with Crippen LogP contribution in [0.15, 0.2) is 24.3 Å². The predicted molar refractivity (Wildman–Crippen MR) is 70.5 cm³/mol. The number of anilines is 1. The number of nitriles is 1. The lowest BCUT2D eigenvalue weighted by molar-refractivity contribution is -0.137. The summed E-state index contributed by atoms with van der Waals surface area (Å²) in [6.07, 6.45) is 1.82. The molecule has 0 saturated carbocycles. The fourth-order valence-corrected chi connectivity index (χ4v) is 1.58. The molecule has 1 rings (SSSR count). The zero-order valence-corrected chi connectivity index (χ0v) is 10.6. The molecule has 5 heteroatoms. The molecule has 0 spiro atoms. The largest absolute Gasteiger partial charge is 0.481 e. The van der Waals surface area contributed by atoms with Crippen molar-refractivity contribution in [1.82, 2.24) is 0 Å². The van der Waals surface area contributed by atoms with Gasteiger partial charge in [0.15, 0.2) is 0 Å². The molecule has 0 aromatic heterocycles. The van der Waals surface area contributed by atoms with Crippen LogP contribution < -0.4 is 5.32 Å². The van der Waals surface area contributed by atoms with Crippen molar-refractivity contribution in [2.24, 2.45) is 0 Å². The third-order valence-corrected chi connectivity index (χ3v) is 2.57. The Morgan fingerprint density at radius 3 is 2.37 bits per heavy atom. The standard InChI is InChI=1S/C14H16N2O3/c15-10-9-11-5-7-12(8-6-11)16-13(17)3-1-2-4-14(18)19/h5-8H,1-4,9H2,(H,16,17)(H,18,19). The molecular weight excluding hydrogens is 244 g/mol. The Morgan fingerprint density at radius 2 is 1.79 bits per heavy atom. The van der Waals surface area contributed by atoms with Crippen molar-refractivity contribution in [2.75, 3.05) is 5.32 Å². The van der Waals surface area contributed by atoms with Crippen LogP contribution in [0.2, 0.25) is 0 Å². The van der Waals surface area contributed by atoms with E-state index >= 15 is 0 Å². The van der Waals surface area contributed by atoms with Crippen LogP contribution >= 0.6 is 0 Å². The Morgan fingerprint density at radius 1 is 1.16 bits per heavy atom. The number of rotatable bonds is 7. The van der Waals surface area contributed by atoms with E-state index in [0.29, 0.717) is 31.4 Å². The molecular formula is C14H16N2O3. The molecule has 1 amide bonds. The van der Waals surface area contributed by atoms with Crippen molar-refractivity contribution in [2.45, 2.75) is 32.1 Å². The second kappa shape index (κ2) is 7.88. The number of unbranched alkanes of at least 4 members (excludes halogenated alkanes) is 1. The van der Waals surface area contributed by atoms with Gasteiger partial charge in [0.2, 0.25) is 5.91 Å². The van der Waals surface area contributed by atoms with E-state index in [9.17, 15) is 9.59 Å². The van der Waals surface area contributed by atoms with Crippen LogP contribution in [0.5, 0.6) is 0 Å². The number of amides is 1. The van der Waals surface area contributed by atoms with Crippen LogP contribution in [0.25, 0.3) is 0 Å². The lowest BCUT2D eigenvalue weighted by atomic mass is 10.1. The third kappa shape index (κ3) is 6.22. The highest BCUT2D eigenvalue weighted by Gasteiger charge is 2.03. The van der Waals surface area contributed by atoms with Gasteiger partial charge in [0, 0.05) is 18.5 Å². The highest BCUT2D eigenvalue weighted by atomic mass is 16.4. The van der Waals surface area contributed by atoms with Crippen molar-refractivity contribution < 1.29 is 14.7 Å². The van der Waals surface area contributed by atoms with E-state index in [4.69, 9.17) is 10.4 Å². The smallest absolute Gasteiger partial charge is 0.303 e. The molecule has 1 aromatic carbocycles. The van der Waals surface area contributed by atoms with E-state index in [1.807, 2.05) is 0 Å². The maximum atomic E-state index is 11.6. The molecule has 0 aliphatic carbocycles. The molecule has 2 N–H and O–H groups in total. The van der Waals surface area contributed by atoms with E-state index in [1.54, 1.807) is 24.3 Å². The quantitative estimate of drug-likeness (QED) is 0.736. The first kappa shape index (κ1) is 14.7. The SMILES string of the molecule is N#CCc1ccc(NC(=O)CCCCC(=O)O)cc1. The van der Waals surface area contributed by atoms with Gasteiger partial charge in [-0.1, -0.05) is 12.1 Å². The molecule has 0 aliphatic heterocycles. The highest BCUT2D eigenvalue weighted by molar-refractivity contribution is 5.90. The van der Waals surface area contributed by atoms with Gasteiger partial charge in [-0.05, 0) is 30.5 Å². The Hall–Kier alpha value is -2.35. The number of carbonyl (C=O) groups excluding carboxylic acids is 1. The average Bonchev–Trinajstić information content (AvgIpc) is 2.37. The van der Waals surface area contributed by atoms with E-state index in [2.05, 4.69) is 11.4 Å². The number of nitrogens with one attached hydrogen (secondary N) is 1. The first-order valence-corrected chi connectivity index (χ1v) is 6.09. The average molecular weight is 260 g/mol. The summed E-state index contributed by atoms with van der Waals surface area (Å²) in [5, 5.41) is 19.7. The van der Waals surface area contributed by atoms with Gasteiger partial charge in [-0.3, -0.25) is 9.59 Å². The minimum Gasteiger partial charge on any atom is -0.481 e. The van der Waals surface area contributed by atoms with Crippen molar-refractivity contribution in [3.8, 4) is 6.07 Å². The van der Waals surface area contributed by atoms with E-state index in [1.165, 1.54) is 0 Å². The predicted octanol–water partition coefficient (Wildman–Crippen LogP) is 2.34. The summed E-state index contributed by atoms with van der Waals surface area (Å²) < 4.78 is 0. The topological polar surface area (TPSA) is 90.2 Å². The summed E-state index contributed by atoms with van der Waals surface area (Å²) in [6, 6.07) is 9.15. The number of carboxylic acids is 1. The lowest BCUT2D eigenvalue weighted by Gasteiger charge is -2.05. The molecule has 5 nitrogen and oxygen atoms in total. The molecule has 0 heterocycles. The molecule has 19 heavy (non-hydrogen) atoms. The third-order valence-electron chi connectivity index (χ3n) is 2.57. The van der Waals surface area contributed by atoms with E-state index in [0.717, 1.165) is 5.56 Å². The summed E-state index contributed by atoms with van der Waals surface area (Å²) in [4.78, 5) is 21.9. The van der Waals surface area contributed by atoms with Gasteiger partial charge < -0.3 is 10.4 Å². The minimum absolute atomic E-state index is 0.0934. The van der Waals surface area contributed by atoms with E-state index < -0.39 is 5.97 Å². The molecule has 100 valence electrons. The van der Waals surface area contributed by atoms with Gasteiger partial charge in [-0.2, -0.15) is 5.26 Å². The molecule has 0 atom stereocenters. The number of carbonyl (C=O) groups is 2. The van der Waals surface area contributed by atoms with Crippen molar-refractivity contribution >= 4 is 17.6 Å². The summed E-state index contributed by atoms with van der Waals surface area (Å²) in [5.41, 5.74) is 1.59. The number of nitrogens with zero attached hydrogens (tertiary/aromatic N) is 1. The molecule has 0 aliphatic rings. The molecule has 0 bridgehead atoms. The zero-order valence-electron chi connectivity index (χ0n) is 10.6. The van der Waals surface area contributed by atoms with Gasteiger partial charge in [-0.25, -0.2) is 0 Å². The summed E-state index contributed by atoms with van der Waals surface area (Å²) in [6.45, 7) is 0. The Bertz CT molecular complexity index is 474. The first-order valence-electron chi connectivity index (χ1n) is 6.09. The molecule has 0 unspecified atom stereocenters. The summed E-state index contributed by atoms with van der Waals surface area (Å²) in [5.74, 6) is -0.966. The maximum Gasteiger partial charge on any atom is 0.303 e. The van der Waals surface area contributed by atoms with Crippen molar-refractivity contribution in [1.29, 1.82) is 5.26 Å². The zero-order chi connectivity index (χ0) is 14.1. The van der Waals surface area contributed by atoms with Gasteiger partial charge in [0.05, 0.1) is 12.5 Å². The van der Waals surface area contributed by atoms with Crippen LogP contribution in [0.3, 0.4) is 0 Å². The Labute approximate surface area is 111 Å². The maximum absolute atomic E-state index is 11.6. The Kier molecular flexibility index (Phi) is 6.10. The van der Waals surface area contributed by atoms with Crippen LogP contribution in [0.1, 0.15) is 31.2 Å². The molecule has 0 radical (unpaired) electrons. The van der Waals surface area contributed by atoms with Gasteiger partial charge in [0.1, 0.15) is 0 Å². The van der Waals surface area contributed by atoms with Crippen molar-refractivity contribution in [3.63, 3.8) is 0 Å². The van der Waals surface area contributed by atoms with Crippen LogP contribution in [-0.2, 0) is 16.0 Å². The number of hydrogen-bond donors (Lipinski definition) is 2. The van der Waals surface area contributed by atoms with Crippen LogP contribution in [0, 0.1) is 11.3 Å². The Balaban J connectivity index is 2.32. The second-order valence-electron chi connectivity index (χ2n) is 4.18.